The fourth-order valence-corrected chi connectivity index (χ4v) is 4.07. The number of pyridine rings is 2. The van der Waals surface area contributed by atoms with Gasteiger partial charge in [0.15, 0.2) is 0 Å². The Bertz CT molecular complexity index is 827. The Morgan fingerprint density at radius 3 is 2.97 bits per heavy atom. The van der Waals surface area contributed by atoms with Gasteiger partial charge in [-0.25, -0.2) is 10.3 Å². The van der Waals surface area contributed by atoms with E-state index in [4.69, 9.17) is 15.2 Å². The normalized spacial score (nSPS) is 15.8. The van der Waals surface area contributed by atoms with Gasteiger partial charge in [-0.05, 0) is 75.3 Å². The summed E-state index contributed by atoms with van der Waals surface area (Å²) in [6.45, 7) is 6.41. The molecule has 0 saturated carbocycles. The van der Waals surface area contributed by atoms with Crippen LogP contribution in [0.3, 0.4) is 0 Å². The Morgan fingerprint density at radius 1 is 1.31 bits per heavy atom. The maximum Gasteiger partial charge on any atom is 0.338 e. The van der Waals surface area contributed by atoms with Crippen LogP contribution in [0.15, 0.2) is 30.6 Å². The molecule has 156 valence electrons. The summed E-state index contributed by atoms with van der Waals surface area (Å²) in [4.78, 5) is 23.0. The number of nitrogens with zero attached hydrogens (tertiary/aromatic N) is 3. The maximum atomic E-state index is 11.1. The van der Waals surface area contributed by atoms with Crippen LogP contribution in [0.2, 0.25) is 0 Å². The molecular formula is C22H31N5O2. The van der Waals surface area contributed by atoms with E-state index in [1.807, 2.05) is 18.5 Å². The summed E-state index contributed by atoms with van der Waals surface area (Å²) in [5.41, 5.74) is 7.64. The quantitative estimate of drug-likeness (QED) is 0.361. The largest absolute Gasteiger partial charge is 0.338 e. The average Bonchev–Trinajstić information content (AvgIpc) is 2.73. The third-order valence-corrected chi connectivity index (χ3v) is 5.54. The molecule has 0 bridgehead atoms. The lowest BCUT2D eigenvalue weighted by atomic mass is 9.90. The molecule has 2 aromatic rings. The number of amides is 2. The molecule has 29 heavy (non-hydrogen) atoms. The van der Waals surface area contributed by atoms with Gasteiger partial charge in [-0.1, -0.05) is 12.1 Å². The first-order valence-corrected chi connectivity index (χ1v) is 10.4. The molecule has 7 nitrogen and oxygen atoms in total. The number of hydrogen-bond acceptors (Lipinski definition) is 5. The average molecular weight is 398 g/mol. The van der Waals surface area contributed by atoms with E-state index in [9.17, 15) is 4.79 Å². The molecule has 7 heteroatoms. The highest BCUT2D eigenvalue weighted by Gasteiger charge is 2.27. The van der Waals surface area contributed by atoms with Crippen molar-refractivity contribution in [2.24, 2.45) is 0 Å². The van der Waals surface area contributed by atoms with E-state index in [-0.39, 0.29) is 6.04 Å². The van der Waals surface area contributed by atoms with Crippen LogP contribution in [-0.2, 0) is 13.0 Å². The van der Waals surface area contributed by atoms with Crippen LogP contribution in [0.5, 0.6) is 0 Å². The standard InChI is InChI=1S/C22H31N5O2/c1-16-13-17(2)19(25-14-16)15-27(12-4-3-10-24-22(28)26-29)20-9-5-7-18-8-6-11-23-21(18)20/h6,8,11,13-14,20,29H,3-5,7,9-10,12,15H2,1-2H3,(H2,24,26,28)/t20-/m1/s1. The molecular weight excluding hydrogens is 366 g/mol. The Labute approximate surface area is 172 Å². The van der Waals surface area contributed by atoms with Crippen molar-refractivity contribution in [3.05, 3.63) is 58.7 Å². The molecule has 1 aliphatic carbocycles. The maximum absolute atomic E-state index is 11.1. The number of unbranched alkanes of at least 4 members (excludes halogenated alkanes) is 1. The summed E-state index contributed by atoms with van der Waals surface area (Å²) in [6, 6.07) is 6.13. The van der Waals surface area contributed by atoms with E-state index in [1.54, 1.807) is 5.48 Å². The van der Waals surface area contributed by atoms with Gasteiger partial charge in [0, 0.05) is 25.5 Å². The second-order valence-electron chi connectivity index (χ2n) is 7.78. The second-order valence-corrected chi connectivity index (χ2v) is 7.78. The highest BCUT2D eigenvalue weighted by Crippen LogP contribution is 2.34. The number of hydroxylamine groups is 1. The molecule has 1 aliphatic rings. The number of hydrogen-bond donors (Lipinski definition) is 3. The molecule has 0 aliphatic heterocycles. The van der Waals surface area contributed by atoms with Crippen LogP contribution in [0.25, 0.3) is 0 Å². The molecule has 2 heterocycles. The molecule has 0 fully saturated rings. The van der Waals surface area contributed by atoms with E-state index < -0.39 is 6.03 Å². The molecule has 0 aromatic carbocycles. The van der Waals surface area contributed by atoms with Crippen molar-refractivity contribution in [1.29, 1.82) is 0 Å². The predicted molar refractivity (Wildman–Crippen MR) is 112 cm³/mol. The van der Waals surface area contributed by atoms with Gasteiger partial charge in [0.2, 0.25) is 0 Å². The van der Waals surface area contributed by atoms with Crippen molar-refractivity contribution in [3.8, 4) is 0 Å². The smallest absolute Gasteiger partial charge is 0.336 e. The molecule has 0 saturated heterocycles. The molecule has 1 atom stereocenters. The van der Waals surface area contributed by atoms with Crippen LogP contribution < -0.4 is 10.8 Å². The Kier molecular flexibility index (Phi) is 7.55. The number of nitrogens with one attached hydrogen (secondary N) is 2. The van der Waals surface area contributed by atoms with Gasteiger partial charge in [0.05, 0.1) is 17.4 Å². The number of urea groups is 1. The van der Waals surface area contributed by atoms with Gasteiger partial charge >= 0.3 is 6.03 Å². The van der Waals surface area contributed by atoms with Gasteiger partial charge in [0.25, 0.3) is 0 Å². The highest BCUT2D eigenvalue weighted by atomic mass is 16.5. The number of fused-ring (bicyclic) bond motifs is 1. The summed E-state index contributed by atoms with van der Waals surface area (Å²) >= 11 is 0. The number of carbonyl (C=O) groups excluding carboxylic acids is 1. The number of carbonyl (C=O) groups is 1. The zero-order valence-corrected chi connectivity index (χ0v) is 17.3. The van der Waals surface area contributed by atoms with Crippen molar-refractivity contribution in [2.75, 3.05) is 13.1 Å². The Hall–Kier alpha value is -2.51. The van der Waals surface area contributed by atoms with Crippen LogP contribution >= 0.6 is 0 Å². The molecule has 2 amide bonds. The minimum absolute atomic E-state index is 0.288. The van der Waals surface area contributed by atoms with E-state index in [1.165, 1.54) is 28.8 Å². The highest BCUT2D eigenvalue weighted by molar-refractivity contribution is 5.72. The van der Waals surface area contributed by atoms with Crippen LogP contribution in [-0.4, -0.2) is 39.2 Å². The van der Waals surface area contributed by atoms with Crippen LogP contribution in [0.4, 0.5) is 4.79 Å². The van der Waals surface area contributed by atoms with E-state index >= 15 is 0 Å². The second kappa shape index (κ2) is 10.3. The van der Waals surface area contributed by atoms with Crippen molar-refractivity contribution >= 4 is 6.03 Å². The zero-order valence-electron chi connectivity index (χ0n) is 17.3. The summed E-state index contributed by atoms with van der Waals surface area (Å²) in [5, 5.41) is 11.2. The lowest BCUT2D eigenvalue weighted by Crippen LogP contribution is -2.35. The SMILES string of the molecule is Cc1cnc(CN(CCCCNC(=O)NO)[C@@H]2CCCc3cccnc32)c(C)c1. The monoisotopic (exact) mass is 397 g/mol. The fraction of sp³-hybridized carbons (Fsp3) is 0.500. The molecule has 0 spiro atoms. The Morgan fingerprint density at radius 2 is 2.17 bits per heavy atom. The van der Waals surface area contributed by atoms with Crippen LogP contribution in [0.1, 0.15) is 59.8 Å². The summed E-state index contributed by atoms with van der Waals surface area (Å²) < 4.78 is 0. The number of aromatic nitrogens is 2. The minimum atomic E-state index is -0.563. The van der Waals surface area contributed by atoms with Gasteiger partial charge in [-0.2, -0.15) is 0 Å². The van der Waals surface area contributed by atoms with Crippen molar-refractivity contribution < 1.29 is 10.0 Å². The molecule has 0 radical (unpaired) electrons. The lowest BCUT2D eigenvalue weighted by molar-refractivity contribution is 0.156. The topological polar surface area (TPSA) is 90.4 Å². The van der Waals surface area contributed by atoms with Crippen LogP contribution in [0, 0.1) is 13.8 Å². The first-order valence-electron chi connectivity index (χ1n) is 10.4. The lowest BCUT2D eigenvalue weighted by Gasteiger charge is -2.35. The number of rotatable bonds is 8. The zero-order chi connectivity index (χ0) is 20.6. The first-order chi connectivity index (χ1) is 14.1. The minimum Gasteiger partial charge on any atom is -0.336 e. The predicted octanol–water partition coefficient (Wildman–Crippen LogP) is 3.44. The first kappa shape index (κ1) is 21.2. The van der Waals surface area contributed by atoms with Crippen molar-refractivity contribution in [2.45, 2.75) is 58.5 Å². The third kappa shape index (κ3) is 5.74. The summed E-state index contributed by atoms with van der Waals surface area (Å²) in [7, 11) is 0. The molecule has 3 N–H and O–H groups in total. The van der Waals surface area contributed by atoms with Gasteiger partial charge < -0.3 is 5.32 Å². The van der Waals surface area contributed by atoms with E-state index in [0.717, 1.165) is 44.5 Å². The van der Waals surface area contributed by atoms with E-state index in [0.29, 0.717) is 6.54 Å². The van der Waals surface area contributed by atoms with Crippen molar-refractivity contribution in [3.63, 3.8) is 0 Å². The summed E-state index contributed by atoms with van der Waals surface area (Å²) in [5.74, 6) is 0. The van der Waals surface area contributed by atoms with E-state index in [2.05, 4.69) is 36.2 Å². The Balaban J connectivity index is 1.72. The van der Waals surface area contributed by atoms with Gasteiger partial charge in [-0.15, -0.1) is 0 Å². The van der Waals surface area contributed by atoms with Gasteiger partial charge in [0.1, 0.15) is 0 Å². The third-order valence-electron chi connectivity index (χ3n) is 5.54. The fourth-order valence-electron chi connectivity index (χ4n) is 4.07. The molecule has 2 aromatic heterocycles. The molecule has 3 rings (SSSR count). The summed E-state index contributed by atoms with van der Waals surface area (Å²) in [6.07, 6.45) is 8.96. The van der Waals surface area contributed by atoms with Crippen molar-refractivity contribution in [1.82, 2.24) is 25.7 Å². The number of aryl methyl sites for hydroxylation is 3. The van der Waals surface area contributed by atoms with Gasteiger partial charge in [-0.3, -0.25) is 20.1 Å². The molecule has 0 unspecified atom stereocenters.